The third kappa shape index (κ3) is 8.68. The van der Waals surface area contributed by atoms with Crippen LogP contribution in [-0.2, 0) is 14.4 Å². The number of amides is 1. The molecule has 1 fully saturated rings. The molecule has 0 bridgehead atoms. The Kier molecular flexibility index (Phi) is 10.3. The number of hydrogen-bond donors (Lipinski definition) is 3. The number of carboxylic acid groups (broad SMARTS) is 2. The SMILES string of the molecule is CC(=O)NC(CCC(=O)O)(CC(=O)O)C1CCCCCCCCCCC1. The van der Waals surface area contributed by atoms with E-state index in [1.165, 1.54) is 39.0 Å². The van der Waals surface area contributed by atoms with Crippen LogP contribution in [0.5, 0.6) is 0 Å². The molecule has 1 atom stereocenters. The summed E-state index contributed by atoms with van der Waals surface area (Å²) in [7, 11) is 0. The minimum absolute atomic E-state index is 0.00118. The Bertz CT molecular complexity index is 435. The molecule has 1 aliphatic rings. The van der Waals surface area contributed by atoms with Gasteiger partial charge in [-0.15, -0.1) is 0 Å². The summed E-state index contributed by atoms with van der Waals surface area (Å²) in [6.07, 6.45) is 11.9. The van der Waals surface area contributed by atoms with Gasteiger partial charge >= 0.3 is 11.9 Å². The number of carboxylic acids is 2. The highest BCUT2D eigenvalue weighted by molar-refractivity contribution is 5.76. The van der Waals surface area contributed by atoms with Gasteiger partial charge in [0.25, 0.3) is 0 Å². The molecule has 0 aromatic heterocycles. The Labute approximate surface area is 156 Å². The molecule has 0 aliphatic heterocycles. The lowest BCUT2D eigenvalue weighted by molar-refractivity contribution is -0.143. The zero-order valence-electron chi connectivity index (χ0n) is 16.1. The van der Waals surface area contributed by atoms with Crippen molar-refractivity contribution in [3.05, 3.63) is 0 Å². The van der Waals surface area contributed by atoms with Crippen molar-refractivity contribution >= 4 is 17.8 Å². The van der Waals surface area contributed by atoms with E-state index >= 15 is 0 Å². The molecule has 0 aromatic carbocycles. The second kappa shape index (κ2) is 11.9. The van der Waals surface area contributed by atoms with Crippen molar-refractivity contribution in [1.82, 2.24) is 5.32 Å². The predicted molar refractivity (Wildman–Crippen MR) is 99.9 cm³/mol. The lowest BCUT2D eigenvalue weighted by atomic mass is 9.72. The minimum Gasteiger partial charge on any atom is -0.481 e. The standard InChI is InChI=1S/C20H35NO5/c1-16(22)21-20(15-19(25)26,14-13-18(23)24)17-11-9-7-5-3-2-4-6-8-10-12-17/h17H,2-15H2,1H3,(H,21,22)(H,23,24)(H,25,26). The molecule has 1 unspecified atom stereocenters. The summed E-state index contributed by atoms with van der Waals surface area (Å²) in [4.78, 5) is 34.6. The summed E-state index contributed by atoms with van der Waals surface area (Å²) in [6.45, 7) is 1.38. The second-order valence-corrected chi connectivity index (χ2v) is 7.76. The average molecular weight is 370 g/mol. The topological polar surface area (TPSA) is 104 Å². The van der Waals surface area contributed by atoms with E-state index in [9.17, 15) is 19.5 Å². The van der Waals surface area contributed by atoms with Gasteiger partial charge in [0.05, 0.1) is 12.0 Å². The Balaban J connectivity index is 3.02. The number of rotatable bonds is 7. The first-order valence-corrected chi connectivity index (χ1v) is 10.1. The van der Waals surface area contributed by atoms with Crippen LogP contribution in [0.2, 0.25) is 0 Å². The molecule has 0 radical (unpaired) electrons. The Morgan fingerprint density at radius 2 is 1.31 bits per heavy atom. The highest BCUT2D eigenvalue weighted by atomic mass is 16.4. The highest BCUT2D eigenvalue weighted by Crippen LogP contribution is 2.36. The number of carbonyl (C=O) groups is 3. The molecule has 1 aliphatic carbocycles. The molecule has 6 heteroatoms. The smallest absolute Gasteiger partial charge is 0.305 e. The van der Waals surface area contributed by atoms with Crippen molar-refractivity contribution in [2.24, 2.45) is 5.92 Å². The van der Waals surface area contributed by atoms with E-state index in [1.807, 2.05) is 0 Å². The molecule has 3 N–H and O–H groups in total. The number of hydrogen-bond acceptors (Lipinski definition) is 3. The van der Waals surface area contributed by atoms with Gasteiger partial charge < -0.3 is 15.5 Å². The summed E-state index contributed by atoms with van der Waals surface area (Å²) in [5, 5.41) is 21.5. The van der Waals surface area contributed by atoms with Crippen molar-refractivity contribution in [2.45, 2.75) is 102 Å². The highest BCUT2D eigenvalue weighted by Gasteiger charge is 2.41. The third-order valence-corrected chi connectivity index (χ3v) is 5.56. The monoisotopic (exact) mass is 369 g/mol. The first kappa shape index (κ1) is 22.5. The van der Waals surface area contributed by atoms with E-state index < -0.39 is 17.5 Å². The van der Waals surface area contributed by atoms with Gasteiger partial charge in [0.15, 0.2) is 0 Å². The maximum absolute atomic E-state index is 11.9. The van der Waals surface area contributed by atoms with E-state index in [-0.39, 0.29) is 31.1 Å². The summed E-state index contributed by atoms with van der Waals surface area (Å²) < 4.78 is 0. The van der Waals surface area contributed by atoms with Crippen molar-refractivity contribution in [3.63, 3.8) is 0 Å². The van der Waals surface area contributed by atoms with Crippen molar-refractivity contribution in [2.75, 3.05) is 0 Å². The summed E-state index contributed by atoms with van der Waals surface area (Å²) >= 11 is 0. The Morgan fingerprint density at radius 1 is 0.846 bits per heavy atom. The Hall–Kier alpha value is -1.59. The summed E-state index contributed by atoms with van der Waals surface area (Å²) in [5.41, 5.74) is -0.972. The molecule has 1 amide bonds. The van der Waals surface area contributed by atoms with Crippen LogP contribution >= 0.6 is 0 Å². The van der Waals surface area contributed by atoms with Crippen LogP contribution < -0.4 is 5.32 Å². The van der Waals surface area contributed by atoms with Gasteiger partial charge in [-0.1, -0.05) is 57.8 Å². The van der Waals surface area contributed by atoms with Crippen LogP contribution in [0.25, 0.3) is 0 Å². The molecule has 0 saturated heterocycles. The Morgan fingerprint density at radius 3 is 1.69 bits per heavy atom. The zero-order valence-corrected chi connectivity index (χ0v) is 16.1. The van der Waals surface area contributed by atoms with Crippen LogP contribution in [0, 0.1) is 5.92 Å². The maximum Gasteiger partial charge on any atom is 0.305 e. The zero-order chi connectivity index (χ0) is 19.4. The van der Waals surface area contributed by atoms with E-state index in [0.29, 0.717) is 0 Å². The average Bonchev–Trinajstić information content (AvgIpc) is 2.52. The lowest BCUT2D eigenvalue weighted by Gasteiger charge is -2.41. The van der Waals surface area contributed by atoms with Gasteiger partial charge in [0.1, 0.15) is 0 Å². The van der Waals surface area contributed by atoms with Gasteiger partial charge in [-0.05, 0) is 25.2 Å². The lowest BCUT2D eigenvalue weighted by Crippen LogP contribution is -2.55. The van der Waals surface area contributed by atoms with E-state index in [2.05, 4.69) is 5.32 Å². The van der Waals surface area contributed by atoms with Crippen molar-refractivity contribution in [3.8, 4) is 0 Å². The van der Waals surface area contributed by atoms with Crippen LogP contribution in [0.15, 0.2) is 0 Å². The van der Waals surface area contributed by atoms with Gasteiger partial charge in [-0.3, -0.25) is 14.4 Å². The van der Waals surface area contributed by atoms with Crippen LogP contribution in [0.4, 0.5) is 0 Å². The fraction of sp³-hybridized carbons (Fsp3) is 0.850. The van der Waals surface area contributed by atoms with E-state index in [1.54, 1.807) is 0 Å². The third-order valence-electron chi connectivity index (χ3n) is 5.56. The fourth-order valence-corrected chi connectivity index (χ4v) is 4.31. The number of aliphatic carboxylic acids is 2. The molecular weight excluding hydrogens is 334 g/mol. The quantitative estimate of drug-likeness (QED) is 0.626. The van der Waals surface area contributed by atoms with Gasteiger partial charge in [-0.25, -0.2) is 0 Å². The van der Waals surface area contributed by atoms with Crippen molar-refractivity contribution < 1.29 is 24.6 Å². The summed E-state index contributed by atoms with van der Waals surface area (Å²) in [5.74, 6) is -2.24. The molecule has 6 nitrogen and oxygen atoms in total. The minimum atomic E-state index is -0.991. The molecule has 26 heavy (non-hydrogen) atoms. The maximum atomic E-state index is 11.9. The largest absolute Gasteiger partial charge is 0.481 e. The molecule has 0 spiro atoms. The normalized spacial score (nSPS) is 20.2. The number of nitrogens with one attached hydrogen (secondary N) is 1. The molecule has 0 aromatic rings. The van der Waals surface area contributed by atoms with Gasteiger partial charge in [0, 0.05) is 13.3 Å². The second-order valence-electron chi connectivity index (χ2n) is 7.76. The van der Waals surface area contributed by atoms with Crippen LogP contribution in [0.1, 0.15) is 96.8 Å². The molecule has 150 valence electrons. The van der Waals surface area contributed by atoms with Crippen LogP contribution in [0.3, 0.4) is 0 Å². The number of carbonyl (C=O) groups excluding carboxylic acids is 1. The summed E-state index contributed by atoms with van der Waals surface area (Å²) in [6, 6.07) is 0. The van der Waals surface area contributed by atoms with E-state index in [0.717, 1.165) is 38.5 Å². The van der Waals surface area contributed by atoms with E-state index in [4.69, 9.17) is 5.11 Å². The first-order valence-electron chi connectivity index (χ1n) is 10.1. The first-order chi connectivity index (χ1) is 12.4. The molecule has 1 rings (SSSR count). The van der Waals surface area contributed by atoms with Gasteiger partial charge in [-0.2, -0.15) is 0 Å². The molecule has 1 saturated carbocycles. The predicted octanol–water partition coefficient (Wildman–Crippen LogP) is 4.12. The van der Waals surface area contributed by atoms with Gasteiger partial charge in [0.2, 0.25) is 5.91 Å². The van der Waals surface area contributed by atoms with Crippen molar-refractivity contribution in [1.29, 1.82) is 0 Å². The molecule has 0 heterocycles. The molecular formula is C20H35NO5. The van der Waals surface area contributed by atoms with Crippen LogP contribution in [-0.4, -0.2) is 33.6 Å². The fourth-order valence-electron chi connectivity index (χ4n) is 4.31.